The number of benzene rings is 1. The summed E-state index contributed by atoms with van der Waals surface area (Å²) in [5.41, 5.74) is 2.12. The van der Waals surface area contributed by atoms with E-state index < -0.39 is 0 Å². The van der Waals surface area contributed by atoms with Gasteiger partial charge in [-0.25, -0.2) is 0 Å². The van der Waals surface area contributed by atoms with Crippen LogP contribution in [0.5, 0.6) is 0 Å². The standard InChI is InChI=1S/C14H18BrNO/c1-2-3-4-5-7-11-10-8-6-9-12(15)13(10)16-14(11)17/h6,8-9,11H,2-5,7H2,1H3,(H,16,17). The minimum Gasteiger partial charge on any atom is -0.324 e. The second-order valence-electron chi connectivity index (χ2n) is 4.60. The second kappa shape index (κ2) is 5.67. The van der Waals surface area contributed by atoms with E-state index in [9.17, 15) is 4.79 Å². The Morgan fingerprint density at radius 2 is 2.12 bits per heavy atom. The molecule has 1 aliphatic heterocycles. The first kappa shape index (κ1) is 12.6. The van der Waals surface area contributed by atoms with Crippen molar-refractivity contribution < 1.29 is 4.79 Å². The van der Waals surface area contributed by atoms with Crippen LogP contribution < -0.4 is 5.32 Å². The van der Waals surface area contributed by atoms with Gasteiger partial charge in [-0.1, -0.05) is 44.7 Å². The number of carbonyl (C=O) groups excluding carboxylic acids is 1. The summed E-state index contributed by atoms with van der Waals surface area (Å²) >= 11 is 3.48. The lowest BCUT2D eigenvalue weighted by Gasteiger charge is -2.08. The lowest BCUT2D eigenvalue weighted by atomic mass is 9.94. The Hall–Kier alpha value is -0.830. The number of hydrogen-bond donors (Lipinski definition) is 1. The maximum atomic E-state index is 11.9. The smallest absolute Gasteiger partial charge is 0.232 e. The van der Waals surface area contributed by atoms with Crippen LogP contribution in [-0.4, -0.2) is 5.91 Å². The van der Waals surface area contributed by atoms with Crippen molar-refractivity contribution in [3.05, 3.63) is 28.2 Å². The van der Waals surface area contributed by atoms with Crippen molar-refractivity contribution >= 4 is 27.5 Å². The van der Waals surface area contributed by atoms with Crippen LogP contribution in [0.25, 0.3) is 0 Å². The molecule has 2 nitrogen and oxygen atoms in total. The van der Waals surface area contributed by atoms with Crippen molar-refractivity contribution in [2.45, 2.75) is 44.9 Å². The highest BCUT2D eigenvalue weighted by atomic mass is 79.9. The number of carbonyl (C=O) groups is 1. The van der Waals surface area contributed by atoms with Gasteiger partial charge in [0, 0.05) is 4.47 Å². The number of unbranched alkanes of at least 4 members (excludes halogenated alkanes) is 3. The van der Waals surface area contributed by atoms with E-state index in [4.69, 9.17) is 0 Å². The Kier molecular flexibility index (Phi) is 4.21. The lowest BCUT2D eigenvalue weighted by molar-refractivity contribution is -0.117. The summed E-state index contributed by atoms with van der Waals surface area (Å²) < 4.78 is 0.986. The fraction of sp³-hybridized carbons (Fsp3) is 0.500. The zero-order valence-electron chi connectivity index (χ0n) is 10.1. The molecule has 2 rings (SSSR count). The molecule has 0 saturated carbocycles. The Morgan fingerprint density at radius 3 is 2.88 bits per heavy atom. The SMILES string of the molecule is CCCCCCC1C(=O)Nc2c(Br)cccc21. The lowest BCUT2D eigenvalue weighted by Crippen LogP contribution is -2.11. The van der Waals surface area contributed by atoms with Crippen molar-refractivity contribution in [3.8, 4) is 0 Å². The summed E-state index contributed by atoms with van der Waals surface area (Å²) in [7, 11) is 0. The highest BCUT2D eigenvalue weighted by Gasteiger charge is 2.30. The molecular weight excluding hydrogens is 278 g/mol. The van der Waals surface area contributed by atoms with Gasteiger partial charge >= 0.3 is 0 Å². The first-order valence-electron chi connectivity index (χ1n) is 6.33. The summed E-state index contributed by atoms with van der Waals surface area (Å²) in [6, 6.07) is 6.03. The number of hydrogen-bond acceptors (Lipinski definition) is 1. The molecule has 1 atom stereocenters. The van der Waals surface area contributed by atoms with Gasteiger partial charge in [-0.05, 0) is 34.0 Å². The van der Waals surface area contributed by atoms with Crippen molar-refractivity contribution in [2.75, 3.05) is 5.32 Å². The first-order chi connectivity index (χ1) is 8.24. The zero-order chi connectivity index (χ0) is 12.3. The molecule has 1 aromatic carbocycles. The van der Waals surface area contributed by atoms with Crippen LogP contribution in [0, 0.1) is 0 Å². The summed E-state index contributed by atoms with van der Waals surface area (Å²) in [5, 5.41) is 2.97. The van der Waals surface area contributed by atoms with Crippen LogP contribution in [0.15, 0.2) is 22.7 Å². The highest BCUT2D eigenvalue weighted by molar-refractivity contribution is 9.10. The zero-order valence-corrected chi connectivity index (χ0v) is 11.7. The quantitative estimate of drug-likeness (QED) is 0.799. The molecule has 1 unspecified atom stereocenters. The average molecular weight is 296 g/mol. The van der Waals surface area contributed by atoms with E-state index in [1.165, 1.54) is 19.3 Å². The van der Waals surface area contributed by atoms with E-state index in [2.05, 4.69) is 34.2 Å². The Bertz CT molecular complexity index is 417. The van der Waals surface area contributed by atoms with Gasteiger partial charge in [0.15, 0.2) is 0 Å². The van der Waals surface area contributed by atoms with Crippen molar-refractivity contribution in [2.24, 2.45) is 0 Å². The van der Waals surface area contributed by atoms with E-state index in [0.29, 0.717) is 0 Å². The highest BCUT2D eigenvalue weighted by Crippen LogP contribution is 2.39. The fourth-order valence-corrected chi connectivity index (χ4v) is 2.86. The van der Waals surface area contributed by atoms with Crippen LogP contribution in [0.4, 0.5) is 5.69 Å². The molecule has 17 heavy (non-hydrogen) atoms. The van der Waals surface area contributed by atoms with Gasteiger partial charge in [0.1, 0.15) is 0 Å². The summed E-state index contributed by atoms with van der Waals surface area (Å²) in [6.45, 7) is 2.20. The third-order valence-electron chi connectivity index (χ3n) is 3.33. The van der Waals surface area contributed by atoms with E-state index >= 15 is 0 Å². The number of rotatable bonds is 5. The van der Waals surface area contributed by atoms with Crippen molar-refractivity contribution in [1.29, 1.82) is 0 Å². The fourth-order valence-electron chi connectivity index (χ4n) is 2.38. The molecule has 0 spiro atoms. The van der Waals surface area contributed by atoms with Gasteiger partial charge in [0.25, 0.3) is 0 Å². The molecule has 0 fully saturated rings. The first-order valence-corrected chi connectivity index (χ1v) is 7.12. The summed E-state index contributed by atoms with van der Waals surface area (Å²) in [4.78, 5) is 11.9. The van der Waals surface area contributed by atoms with Gasteiger partial charge < -0.3 is 5.32 Å². The largest absolute Gasteiger partial charge is 0.324 e. The average Bonchev–Trinajstić information content (AvgIpc) is 2.63. The Labute approximate surface area is 111 Å². The normalized spacial score (nSPS) is 18.0. The third-order valence-corrected chi connectivity index (χ3v) is 3.99. The van der Waals surface area contributed by atoms with E-state index in [-0.39, 0.29) is 11.8 Å². The van der Waals surface area contributed by atoms with Crippen LogP contribution in [0.3, 0.4) is 0 Å². The minimum atomic E-state index is 0.0550. The molecule has 0 saturated heterocycles. The van der Waals surface area contributed by atoms with Gasteiger partial charge in [-0.15, -0.1) is 0 Å². The van der Waals surface area contributed by atoms with Gasteiger partial charge in [-0.2, -0.15) is 0 Å². The topological polar surface area (TPSA) is 29.1 Å². The molecular formula is C14H18BrNO. The molecule has 0 aromatic heterocycles. The molecule has 1 heterocycles. The summed E-state index contributed by atoms with van der Waals surface area (Å²) in [6.07, 6.45) is 5.83. The molecule has 0 bridgehead atoms. The summed E-state index contributed by atoms with van der Waals surface area (Å²) in [5.74, 6) is 0.211. The Morgan fingerprint density at radius 1 is 1.29 bits per heavy atom. The van der Waals surface area contributed by atoms with Crippen LogP contribution in [0.2, 0.25) is 0 Å². The van der Waals surface area contributed by atoms with Crippen LogP contribution in [-0.2, 0) is 4.79 Å². The second-order valence-corrected chi connectivity index (χ2v) is 5.45. The maximum Gasteiger partial charge on any atom is 0.232 e. The molecule has 1 aliphatic rings. The number of nitrogens with one attached hydrogen (secondary N) is 1. The molecule has 92 valence electrons. The van der Waals surface area contributed by atoms with Gasteiger partial charge in [0.05, 0.1) is 11.6 Å². The third kappa shape index (κ3) is 2.71. The van der Waals surface area contributed by atoms with Crippen molar-refractivity contribution in [3.63, 3.8) is 0 Å². The van der Waals surface area contributed by atoms with Crippen LogP contribution >= 0.6 is 15.9 Å². The molecule has 1 amide bonds. The van der Waals surface area contributed by atoms with Gasteiger partial charge in [-0.3, -0.25) is 4.79 Å². The molecule has 0 radical (unpaired) electrons. The predicted molar refractivity (Wildman–Crippen MR) is 74.3 cm³/mol. The Balaban J connectivity index is 2.05. The minimum absolute atomic E-state index is 0.0550. The van der Waals surface area contributed by atoms with Gasteiger partial charge in [0.2, 0.25) is 5.91 Å². The number of anilines is 1. The van der Waals surface area contributed by atoms with E-state index in [0.717, 1.165) is 28.6 Å². The van der Waals surface area contributed by atoms with Crippen molar-refractivity contribution in [1.82, 2.24) is 0 Å². The molecule has 1 N–H and O–H groups in total. The van der Waals surface area contributed by atoms with Crippen LogP contribution in [0.1, 0.15) is 50.5 Å². The molecule has 3 heteroatoms. The number of amides is 1. The molecule has 0 aliphatic carbocycles. The maximum absolute atomic E-state index is 11.9. The number of halogens is 1. The number of fused-ring (bicyclic) bond motifs is 1. The molecule has 1 aromatic rings. The number of para-hydroxylation sites is 1. The van der Waals surface area contributed by atoms with E-state index in [1.54, 1.807) is 0 Å². The van der Waals surface area contributed by atoms with E-state index in [1.807, 2.05) is 12.1 Å². The monoisotopic (exact) mass is 295 g/mol. The predicted octanol–water partition coefficient (Wildman–Crippen LogP) is 4.46.